The molecular weight excluding hydrogens is 288 g/mol. The number of ketones is 1. The van der Waals surface area contributed by atoms with Crippen molar-refractivity contribution >= 4 is 11.8 Å². The van der Waals surface area contributed by atoms with Crippen LogP contribution in [0, 0.1) is 22.7 Å². The molecule has 126 valence electrons. The number of esters is 1. The van der Waals surface area contributed by atoms with Gasteiger partial charge in [0.2, 0.25) is 0 Å². The molecule has 3 rings (SSSR count). The van der Waals surface area contributed by atoms with Crippen LogP contribution in [-0.2, 0) is 14.3 Å². The van der Waals surface area contributed by atoms with E-state index in [9.17, 15) is 9.59 Å². The van der Waals surface area contributed by atoms with Gasteiger partial charge in [-0.05, 0) is 54.9 Å². The lowest BCUT2D eigenvalue weighted by molar-refractivity contribution is -0.135. The second-order valence-electron chi connectivity index (χ2n) is 8.23. The number of cyclic esters (lactones) is 1. The third kappa shape index (κ3) is 2.58. The molecule has 0 aromatic rings. The molecule has 0 spiro atoms. The Bertz CT molecular complexity index is 600. The Morgan fingerprint density at radius 1 is 1.35 bits per heavy atom. The number of hydrogen-bond donors (Lipinski definition) is 0. The number of rotatable bonds is 2. The zero-order valence-corrected chi connectivity index (χ0v) is 14.8. The van der Waals surface area contributed by atoms with Gasteiger partial charge in [-0.2, -0.15) is 0 Å². The summed E-state index contributed by atoms with van der Waals surface area (Å²) in [5.74, 6) is 1.01. The van der Waals surface area contributed by atoms with Crippen LogP contribution in [-0.4, -0.2) is 18.4 Å². The summed E-state index contributed by atoms with van der Waals surface area (Å²) in [4.78, 5) is 23.9. The fourth-order valence-electron chi connectivity index (χ4n) is 5.01. The predicted molar refractivity (Wildman–Crippen MR) is 89.8 cm³/mol. The van der Waals surface area contributed by atoms with Crippen LogP contribution in [0.1, 0.15) is 59.8 Å². The maximum absolute atomic E-state index is 12.2. The maximum Gasteiger partial charge on any atom is 0.333 e. The summed E-state index contributed by atoms with van der Waals surface area (Å²) < 4.78 is 5.06. The summed E-state index contributed by atoms with van der Waals surface area (Å²) in [5, 5.41) is 0. The van der Waals surface area contributed by atoms with E-state index in [0.717, 1.165) is 24.8 Å². The van der Waals surface area contributed by atoms with Gasteiger partial charge in [0.15, 0.2) is 5.78 Å². The SMILES string of the molecule is CC1=CC(=O)C[C@@H]2[C@@](C)(C/C=C3\CCOC3=O)[C@H](C)CC[C@]12C. The largest absolute Gasteiger partial charge is 0.462 e. The highest BCUT2D eigenvalue weighted by Gasteiger charge is 2.54. The van der Waals surface area contributed by atoms with Crippen molar-refractivity contribution in [1.29, 1.82) is 0 Å². The van der Waals surface area contributed by atoms with E-state index in [0.29, 0.717) is 24.9 Å². The first-order valence-electron chi connectivity index (χ1n) is 8.85. The van der Waals surface area contributed by atoms with Gasteiger partial charge in [0, 0.05) is 18.4 Å². The molecule has 2 aliphatic carbocycles. The smallest absolute Gasteiger partial charge is 0.333 e. The van der Waals surface area contributed by atoms with Crippen LogP contribution in [0.4, 0.5) is 0 Å². The fraction of sp³-hybridized carbons (Fsp3) is 0.700. The van der Waals surface area contributed by atoms with Crippen LogP contribution in [0.2, 0.25) is 0 Å². The first-order chi connectivity index (χ1) is 10.8. The minimum Gasteiger partial charge on any atom is -0.462 e. The van der Waals surface area contributed by atoms with E-state index in [4.69, 9.17) is 4.74 Å². The molecule has 3 aliphatic rings. The molecule has 0 unspecified atom stereocenters. The van der Waals surface area contributed by atoms with Gasteiger partial charge in [-0.25, -0.2) is 4.79 Å². The van der Waals surface area contributed by atoms with Crippen molar-refractivity contribution in [3.8, 4) is 0 Å². The molecule has 0 aromatic heterocycles. The highest BCUT2D eigenvalue weighted by atomic mass is 16.5. The average Bonchev–Trinajstić information content (AvgIpc) is 2.90. The normalized spacial score (nSPS) is 42.4. The van der Waals surface area contributed by atoms with Crippen LogP contribution < -0.4 is 0 Å². The van der Waals surface area contributed by atoms with Gasteiger partial charge < -0.3 is 4.74 Å². The molecule has 0 bridgehead atoms. The third-order valence-electron chi connectivity index (χ3n) is 7.13. The monoisotopic (exact) mass is 316 g/mol. The lowest BCUT2D eigenvalue weighted by Gasteiger charge is -2.57. The van der Waals surface area contributed by atoms with E-state index in [1.807, 2.05) is 6.08 Å². The lowest BCUT2D eigenvalue weighted by Crippen LogP contribution is -2.50. The molecule has 0 radical (unpaired) electrons. The quantitative estimate of drug-likeness (QED) is 0.565. The Morgan fingerprint density at radius 2 is 2.09 bits per heavy atom. The van der Waals surface area contributed by atoms with Crippen LogP contribution in [0.5, 0.6) is 0 Å². The molecule has 1 aliphatic heterocycles. The molecule has 3 nitrogen and oxygen atoms in total. The number of fused-ring (bicyclic) bond motifs is 1. The minimum atomic E-state index is -0.157. The van der Waals surface area contributed by atoms with Crippen LogP contribution in [0.3, 0.4) is 0 Å². The molecule has 0 aromatic carbocycles. The van der Waals surface area contributed by atoms with Gasteiger partial charge in [0.05, 0.1) is 6.61 Å². The second-order valence-corrected chi connectivity index (χ2v) is 8.23. The Kier molecular flexibility index (Phi) is 4.02. The summed E-state index contributed by atoms with van der Waals surface area (Å²) in [6.45, 7) is 9.59. The zero-order chi connectivity index (χ0) is 16.8. The first kappa shape index (κ1) is 16.5. The molecule has 1 heterocycles. The van der Waals surface area contributed by atoms with E-state index >= 15 is 0 Å². The van der Waals surface area contributed by atoms with Crippen molar-refractivity contribution < 1.29 is 14.3 Å². The standard InChI is InChI=1S/C20H28O3/c1-13-5-8-20(4)14(2)11-16(21)12-17(20)19(13,3)9-6-15-7-10-23-18(15)22/h6,11,13,17H,5,7-10,12H2,1-4H3/b15-6+/t13-,17-,19+,20-/m1/s1. The van der Waals surface area contributed by atoms with E-state index in [-0.39, 0.29) is 22.6 Å². The number of ether oxygens (including phenoxy) is 1. The third-order valence-corrected chi connectivity index (χ3v) is 7.13. The second kappa shape index (κ2) is 5.61. The average molecular weight is 316 g/mol. The molecule has 3 heteroatoms. The van der Waals surface area contributed by atoms with Gasteiger partial charge >= 0.3 is 5.97 Å². The number of carbonyl (C=O) groups is 2. The molecule has 23 heavy (non-hydrogen) atoms. The highest BCUT2D eigenvalue weighted by Crippen LogP contribution is 2.61. The molecular formula is C20H28O3. The Hall–Kier alpha value is -1.38. The van der Waals surface area contributed by atoms with Gasteiger partial charge in [0.1, 0.15) is 0 Å². The summed E-state index contributed by atoms with van der Waals surface area (Å²) in [6.07, 6.45) is 8.51. The molecule has 2 fully saturated rings. The van der Waals surface area contributed by atoms with E-state index in [1.165, 1.54) is 12.0 Å². The Balaban J connectivity index is 1.93. The Labute approximate surface area is 139 Å². The van der Waals surface area contributed by atoms with E-state index in [2.05, 4.69) is 33.8 Å². The zero-order valence-electron chi connectivity index (χ0n) is 14.8. The number of allylic oxidation sites excluding steroid dienone is 3. The van der Waals surface area contributed by atoms with E-state index < -0.39 is 0 Å². The molecule has 4 atom stereocenters. The van der Waals surface area contributed by atoms with Gasteiger partial charge in [-0.3, -0.25) is 4.79 Å². The van der Waals surface area contributed by atoms with Crippen molar-refractivity contribution in [3.63, 3.8) is 0 Å². The molecule has 1 saturated heterocycles. The number of hydrogen-bond acceptors (Lipinski definition) is 3. The predicted octanol–water partition coefficient (Wildman–Crippen LogP) is 4.23. The summed E-state index contributed by atoms with van der Waals surface area (Å²) in [6, 6.07) is 0. The molecule has 0 N–H and O–H groups in total. The van der Waals surface area contributed by atoms with Gasteiger partial charge in [-0.1, -0.05) is 32.4 Å². The van der Waals surface area contributed by atoms with Crippen molar-refractivity contribution in [3.05, 3.63) is 23.3 Å². The van der Waals surface area contributed by atoms with Crippen molar-refractivity contribution in [2.45, 2.75) is 59.8 Å². The number of carbonyl (C=O) groups excluding carboxylic acids is 2. The van der Waals surface area contributed by atoms with Crippen LogP contribution in [0.15, 0.2) is 23.3 Å². The lowest BCUT2D eigenvalue weighted by atomic mass is 9.47. The van der Waals surface area contributed by atoms with Crippen molar-refractivity contribution in [2.24, 2.45) is 22.7 Å². The Morgan fingerprint density at radius 3 is 2.74 bits per heavy atom. The molecule has 1 saturated carbocycles. The summed E-state index contributed by atoms with van der Waals surface area (Å²) in [5.41, 5.74) is 2.22. The van der Waals surface area contributed by atoms with Gasteiger partial charge in [0.25, 0.3) is 0 Å². The maximum atomic E-state index is 12.2. The van der Waals surface area contributed by atoms with Crippen LogP contribution >= 0.6 is 0 Å². The van der Waals surface area contributed by atoms with Gasteiger partial charge in [-0.15, -0.1) is 0 Å². The van der Waals surface area contributed by atoms with Crippen LogP contribution in [0.25, 0.3) is 0 Å². The summed E-state index contributed by atoms with van der Waals surface area (Å²) >= 11 is 0. The topological polar surface area (TPSA) is 43.4 Å². The van der Waals surface area contributed by atoms with Crippen molar-refractivity contribution in [2.75, 3.05) is 6.61 Å². The minimum absolute atomic E-state index is 0.0497. The highest BCUT2D eigenvalue weighted by molar-refractivity contribution is 5.92. The molecule has 0 amide bonds. The fourth-order valence-corrected chi connectivity index (χ4v) is 5.01. The summed E-state index contributed by atoms with van der Waals surface area (Å²) in [7, 11) is 0. The van der Waals surface area contributed by atoms with Crippen molar-refractivity contribution in [1.82, 2.24) is 0 Å². The van der Waals surface area contributed by atoms with E-state index in [1.54, 1.807) is 0 Å². The first-order valence-corrected chi connectivity index (χ1v) is 8.85.